The molecule has 0 aliphatic rings. The number of carboxylic acids is 3. The van der Waals surface area contributed by atoms with Gasteiger partial charge < -0.3 is 15.3 Å². The zero-order valence-electron chi connectivity index (χ0n) is 15.9. The fourth-order valence-electron chi connectivity index (χ4n) is 2.58. The Kier molecular flexibility index (Phi) is 10.3. The van der Waals surface area contributed by atoms with E-state index in [-0.39, 0.29) is 29.6 Å². The highest BCUT2D eigenvalue weighted by molar-refractivity contribution is 5.92. The summed E-state index contributed by atoms with van der Waals surface area (Å²) in [5.41, 5.74) is -1.53. The van der Waals surface area contributed by atoms with E-state index >= 15 is 0 Å². The molecule has 0 aromatic rings. The summed E-state index contributed by atoms with van der Waals surface area (Å²) in [6, 6.07) is 0. The maximum atomic E-state index is 11.6. The minimum absolute atomic E-state index is 0.0614. The van der Waals surface area contributed by atoms with Gasteiger partial charge in [-0.1, -0.05) is 51.8 Å². The van der Waals surface area contributed by atoms with Gasteiger partial charge in [0.1, 0.15) is 0 Å². The lowest BCUT2D eigenvalue weighted by atomic mass is 9.78. The molecule has 0 saturated carbocycles. The molecule has 1 atom stereocenters. The summed E-state index contributed by atoms with van der Waals surface area (Å²) >= 11 is 0. The number of carbonyl (C=O) groups is 3. The summed E-state index contributed by atoms with van der Waals surface area (Å²) < 4.78 is 0. The Morgan fingerprint density at radius 1 is 0.808 bits per heavy atom. The van der Waals surface area contributed by atoms with Crippen LogP contribution in [0.1, 0.15) is 65.7 Å². The fourth-order valence-corrected chi connectivity index (χ4v) is 2.58. The van der Waals surface area contributed by atoms with Gasteiger partial charge in [0.15, 0.2) is 0 Å². The average molecular weight is 366 g/mol. The van der Waals surface area contributed by atoms with Gasteiger partial charge in [0.25, 0.3) is 0 Å². The lowest BCUT2D eigenvalue weighted by Gasteiger charge is -2.25. The van der Waals surface area contributed by atoms with Crippen molar-refractivity contribution in [2.24, 2.45) is 5.41 Å². The summed E-state index contributed by atoms with van der Waals surface area (Å²) in [6.45, 7) is 8.96. The van der Waals surface area contributed by atoms with Crippen LogP contribution in [-0.4, -0.2) is 33.2 Å². The third-order valence-corrected chi connectivity index (χ3v) is 4.26. The first-order valence-corrected chi connectivity index (χ1v) is 8.91. The second-order valence-electron chi connectivity index (χ2n) is 6.58. The minimum Gasteiger partial charge on any atom is -0.478 e. The van der Waals surface area contributed by atoms with Crippen molar-refractivity contribution in [2.45, 2.75) is 65.7 Å². The van der Waals surface area contributed by atoms with Crippen LogP contribution in [-0.2, 0) is 14.4 Å². The van der Waals surface area contributed by atoms with Crippen molar-refractivity contribution in [1.29, 1.82) is 0 Å². The number of hydrogen-bond acceptors (Lipinski definition) is 3. The number of allylic oxidation sites excluding steroid dienone is 2. The lowest BCUT2D eigenvalue weighted by molar-refractivity contribution is -0.134. The Hall–Kier alpha value is -2.37. The number of rotatable bonds is 13. The van der Waals surface area contributed by atoms with E-state index in [1.807, 2.05) is 13.8 Å². The highest BCUT2D eigenvalue weighted by atomic mass is 16.4. The minimum atomic E-state index is -1.40. The Morgan fingerprint density at radius 2 is 1.23 bits per heavy atom. The van der Waals surface area contributed by atoms with Crippen molar-refractivity contribution >= 4 is 17.9 Å². The van der Waals surface area contributed by atoms with Crippen LogP contribution in [0, 0.1) is 5.41 Å². The van der Waals surface area contributed by atoms with Gasteiger partial charge in [0.05, 0.1) is 0 Å². The van der Waals surface area contributed by atoms with E-state index in [0.29, 0.717) is 12.8 Å². The van der Waals surface area contributed by atoms with Crippen molar-refractivity contribution < 1.29 is 29.7 Å². The molecular weight excluding hydrogens is 336 g/mol. The van der Waals surface area contributed by atoms with Gasteiger partial charge in [-0.25, -0.2) is 14.4 Å². The Balaban J connectivity index is 6.11. The van der Waals surface area contributed by atoms with Gasteiger partial charge in [-0.05, 0) is 32.6 Å². The Bertz CT molecular complexity index is 599. The molecule has 0 heterocycles. The van der Waals surface area contributed by atoms with Crippen molar-refractivity contribution in [2.75, 3.05) is 0 Å². The molecule has 0 saturated heterocycles. The zero-order valence-corrected chi connectivity index (χ0v) is 15.9. The summed E-state index contributed by atoms with van der Waals surface area (Å²) in [4.78, 5) is 34.6. The van der Waals surface area contributed by atoms with Crippen LogP contribution >= 0.6 is 0 Å². The molecule has 0 radical (unpaired) electrons. The summed E-state index contributed by atoms with van der Waals surface area (Å²) in [6.07, 6.45) is 7.08. The molecule has 0 aromatic heterocycles. The van der Waals surface area contributed by atoms with Gasteiger partial charge in [0.2, 0.25) is 0 Å². The van der Waals surface area contributed by atoms with Crippen LogP contribution in [0.4, 0.5) is 0 Å². The van der Waals surface area contributed by atoms with Crippen LogP contribution < -0.4 is 0 Å². The molecule has 0 aliphatic carbocycles. The first-order valence-electron chi connectivity index (χ1n) is 8.91. The normalized spacial score (nSPS) is 14.6. The third kappa shape index (κ3) is 7.68. The zero-order chi connectivity index (χ0) is 20.3. The molecule has 146 valence electrons. The molecule has 0 bridgehead atoms. The molecule has 0 amide bonds. The Labute approximate surface area is 154 Å². The second-order valence-corrected chi connectivity index (χ2v) is 6.58. The Morgan fingerprint density at radius 3 is 1.58 bits per heavy atom. The first kappa shape index (κ1) is 23.6. The van der Waals surface area contributed by atoms with E-state index in [1.54, 1.807) is 0 Å². The molecule has 26 heavy (non-hydrogen) atoms. The quantitative estimate of drug-likeness (QED) is 0.328. The molecule has 6 nitrogen and oxygen atoms in total. The van der Waals surface area contributed by atoms with Gasteiger partial charge >= 0.3 is 17.9 Å². The van der Waals surface area contributed by atoms with Crippen molar-refractivity contribution in [3.05, 3.63) is 35.5 Å². The van der Waals surface area contributed by atoms with Gasteiger partial charge in [0, 0.05) is 22.1 Å². The molecule has 0 spiro atoms. The van der Waals surface area contributed by atoms with E-state index in [9.17, 15) is 29.7 Å². The van der Waals surface area contributed by atoms with E-state index in [0.717, 1.165) is 19.3 Å². The second kappa shape index (κ2) is 11.3. The van der Waals surface area contributed by atoms with E-state index in [2.05, 4.69) is 6.58 Å². The largest absolute Gasteiger partial charge is 0.478 e. The highest BCUT2D eigenvalue weighted by Crippen LogP contribution is 2.34. The predicted octanol–water partition coefficient (Wildman–Crippen LogP) is 4.43. The van der Waals surface area contributed by atoms with E-state index < -0.39 is 23.3 Å². The van der Waals surface area contributed by atoms with Gasteiger partial charge in [-0.15, -0.1) is 0 Å². The van der Waals surface area contributed by atoms with Gasteiger partial charge in [-0.3, -0.25) is 0 Å². The van der Waals surface area contributed by atoms with Crippen molar-refractivity contribution in [3.63, 3.8) is 0 Å². The SMILES string of the molecule is C=C(C(=O)O)C(C)(C=C(CCCC)C(=O)O)C=C(CCCCC)C(=O)O. The van der Waals surface area contributed by atoms with Crippen LogP contribution in [0.2, 0.25) is 0 Å². The molecule has 3 N–H and O–H groups in total. The van der Waals surface area contributed by atoms with Crippen LogP contribution in [0.25, 0.3) is 0 Å². The monoisotopic (exact) mass is 366 g/mol. The number of hydrogen-bond donors (Lipinski definition) is 3. The van der Waals surface area contributed by atoms with Crippen LogP contribution in [0.15, 0.2) is 35.5 Å². The molecule has 0 fully saturated rings. The van der Waals surface area contributed by atoms with Crippen molar-refractivity contribution in [1.82, 2.24) is 0 Å². The summed E-state index contributed by atoms with van der Waals surface area (Å²) in [5, 5.41) is 28.2. The van der Waals surface area contributed by atoms with Crippen molar-refractivity contribution in [3.8, 4) is 0 Å². The van der Waals surface area contributed by atoms with Gasteiger partial charge in [-0.2, -0.15) is 0 Å². The lowest BCUT2D eigenvalue weighted by Crippen LogP contribution is -2.23. The molecule has 1 unspecified atom stereocenters. The molecule has 0 aromatic carbocycles. The molecule has 0 rings (SSSR count). The standard InChI is InChI=1S/C20H30O6/c1-5-7-9-11-16(19(25)26)13-20(4,14(3)17(21)22)12-15(18(23)24)10-8-6-2/h12-13H,3,5-11H2,1-2,4H3,(H,21,22)(H,23,24)(H,25,26). The molecule has 6 heteroatoms. The van der Waals surface area contributed by atoms with E-state index in [1.165, 1.54) is 19.1 Å². The molecule has 0 aliphatic heterocycles. The topological polar surface area (TPSA) is 112 Å². The smallest absolute Gasteiger partial charge is 0.332 e. The maximum absolute atomic E-state index is 11.6. The average Bonchev–Trinajstić information content (AvgIpc) is 2.56. The maximum Gasteiger partial charge on any atom is 0.332 e. The first-order chi connectivity index (χ1) is 12.1. The number of unbranched alkanes of at least 4 members (excludes halogenated alkanes) is 3. The highest BCUT2D eigenvalue weighted by Gasteiger charge is 2.31. The number of aliphatic carboxylic acids is 3. The fraction of sp³-hybridized carbons (Fsp3) is 0.550. The molecular formula is C20H30O6. The van der Waals surface area contributed by atoms with Crippen LogP contribution in [0.3, 0.4) is 0 Å². The summed E-state index contributed by atoms with van der Waals surface area (Å²) in [5.74, 6) is -3.57. The van der Waals surface area contributed by atoms with E-state index in [4.69, 9.17) is 0 Å². The third-order valence-electron chi connectivity index (χ3n) is 4.26. The summed E-state index contributed by atoms with van der Waals surface area (Å²) in [7, 11) is 0. The predicted molar refractivity (Wildman–Crippen MR) is 100.0 cm³/mol. The van der Waals surface area contributed by atoms with Crippen LogP contribution in [0.5, 0.6) is 0 Å². The number of carboxylic acid groups (broad SMARTS) is 3.